The predicted molar refractivity (Wildman–Crippen MR) is 83.0 cm³/mol. The number of rotatable bonds is 6. The molecular weight excluding hydrogens is 278 g/mol. The van der Waals surface area contributed by atoms with Gasteiger partial charge in [-0.3, -0.25) is 0 Å². The Morgan fingerprint density at radius 1 is 1.21 bits per heavy atom. The second-order valence-corrected chi connectivity index (χ2v) is 6.75. The summed E-state index contributed by atoms with van der Waals surface area (Å²) in [5.41, 5.74) is 7.22. The smallest absolute Gasteiger partial charge is 0.190 e. The van der Waals surface area contributed by atoms with Crippen molar-refractivity contribution in [2.24, 2.45) is 0 Å². The fraction of sp³-hybridized carbons (Fsp3) is 0.538. The van der Waals surface area contributed by atoms with Crippen molar-refractivity contribution in [1.82, 2.24) is 9.97 Å². The lowest BCUT2D eigenvalue weighted by atomic mass is 10.2. The van der Waals surface area contributed by atoms with E-state index in [1.807, 2.05) is 0 Å². The van der Waals surface area contributed by atoms with Gasteiger partial charge in [0.25, 0.3) is 0 Å². The van der Waals surface area contributed by atoms with E-state index in [4.69, 9.17) is 10.8 Å². The molecule has 2 rings (SSSR count). The maximum Gasteiger partial charge on any atom is 0.190 e. The van der Waals surface area contributed by atoms with Crippen LogP contribution in [0.2, 0.25) is 0 Å². The lowest BCUT2D eigenvalue weighted by Crippen LogP contribution is -1.96. The molecule has 104 valence electrons. The van der Waals surface area contributed by atoms with Gasteiger partial charge in [-0.25, -0.2) is 9.97 Å². The Morgan fingerprint density at radius 2 is 2.00 bits per heavy atom. The fourth-order valence-electron chi connectivity index (χ4n) is 1.88. The molecule has 0 bridgehead atoms. The molecule has 0 spiro atoms. The molecule has 6 heteroatoms. The van der Waals surface area contributed by atoms with Crippen molar-refractivity contribution in [3.63, 3.8) is 0 Å². The summed E-state index contributed by atoms with van der Waals surface area (Å²) in [5, 5.41) is 10.5. The van der Waals surface area contributed by atoms with Crippen LogP contribution >= 0.6 is 23.1 Å². The monoisotopic (exact) mass is 297 g/mol. The second kappa shape index (κ2) is 6.54. The minimum absolute atomic E-state index is 0.272. The summed E-state index contributed by atoms with van der Waals surface area (Å²) >= 11 is 3.31. The number of unbranched alkanes of at least 4 members (excludes halogenated alkanes) is 2. The van der Waals surface area contributed by atoms with Gasteiger partial charge >= 0.3 is 0 Å². The van der Waals surface area contributed by atoms with Crippen LogP contribution in [0.1, 0.15) is 29.7 Å². The lowest BCUT2D eigenvalue weighted by Gasteiger charge is -2.03. The third kappa shape index (κ3) is 3.38. The minimum Gasteiger partial charge on any atom is -0.396 e. The second-order valence-electron chi connectivity index (χ2n) is 4.49. The van der Waals surface area contributed by atoms with Gasteiger partial charge in [-0.05, 0) is 32.3 Å². The number of thiophene rings is 1. The molecule has 0 radical (unpaired) electrons. The van der Waals surface area contributed by atoms with Gasteiger partial charge < -0.3 is 10.8 Å². The molecule has 0 saturated carbocycles. The third-order valence-electron chi connectivity index (χ3n) is 3.07. The summed E-state index contributed by atoms with van der Waals surface area (Å²) in [6.45, 7) is 4.42. The van der Waals surface area contributed by atoms with Crippen molar-refractivity contribution < 1.29 is 5.11 Å². The predicted octanol–water partition coefficient (Wildman–Crippen LogP) is 3.15. The summed E-state index contributed by atoms with van der Waals surface area (Å²) in [7, 11) is 0. The molecule has 4 nitrogen and oxygen atoms in total. The summed E-state index contributed by atoms with van der Waals surface area (Å²) < 4.78 is 0. The number of aryl methyl sites for hydroxylation is 2. The standard InChI is InChI=1S/C13H19N3OS2/c1-8-9(2)19-12-10(8)11(14)15-13(16-12)18-7-5-3-4-6-17/h17H,3-7H2,1-2H3,(H2,14,15,16). The normalized spacial score (nSPS) is 11.3. The van der Waals surface area contributed by atoms with Gasteiger partial charge in [0.15, 0.2) is 5.16 Å². The number of aliphatic hydroxyl groups excluding tert-OH is 1. The number of nitrogens with two attached hydrogens (primary N) is 1. The number of hydrogen-bond donors (Lipinski definition) is 2. The molecule has 0 amide bonds. The molecule has 2 aromatic heterocycles. The van der Waals surface area contributed by atoms with Crippen LogP contribution in [-0.2, 0) is 0 Å². The first kappa shape index (κ1) is 14.6. The Labute approximate surface area is 121 Å². The van der Waals surface area contributed by atoms with Crippen molar-refractivity contribution in [2.75, 3.05) is 18.1 Å². The van der Waals surface area contributed by atoms with E-state index in [9.17, 15) is 0 Å². The molecule has 0 atom stereocenters. The lowest BCUT2D eigenvalue weighted by molar-refractivity contribution is 0.284. The average molecular weight is 297 g/mol. The van der Waals surface area contributed by atoms with Crippen molar-refractivity contribution in [3.05, 3.63) is 10.4 Å². The largest absolute Gasteiger partial charge is 0.396 e. The van der Waals surface area contributed by atoms with Crippen LogP contribution in [0.25, 0.3) is 10.2 Å². The molecule has 0 unspecified atom stereocenters. The van der Waals surface area contributed by atoms with E-state index >= 15 is 0 Å². The van der Waals surface area contributed by atoms with Crippen molar-refractivity contribution in [2.45, 2.75) is 38.3 Å². The van der Waals surface area contributed by atoms with Gasteiger partial charge in [-0.15, -0.1) is 11.3 Å². The molecular formula is C13H19N3OS2. The van der Waals surface area contributed by atoms with Crippen LogP contribution in [0.4, 0.5) is 5.82 Å². The van der Waals surface area contributed by atoms with Crippen LogP contribution in [0.3, 0.4) is 0 Å². The molecule has 2 heterocycles. The topological polar surface area (TPSA) is 72.0 Å². The minimum atomic E-state index is 0.272. The van der Waals surface area contributed by atoms with Gasteiger partial charge in [0.05, 0.1) is 5.39 Å². The van der Waals surface area contributed by atoms with Crippen molar-refractivity contribution >= 4 is 39.1 Å². The molecule has 0 aliphatic rings. The number of aromatic nitrogens is 2. The number of anilines is 1. The summed E-state index contributed by atoms with van der Waals surface area (Å²) in [6, 6.07) is 0. The van der Waals surface area contributed by atoms with Crippen LogP contribution in [-0.4, -0.2) is 27.4 Å². The van der Waals surface area contributed by atoms with Gasteiger partial charge in [0.2, 0.25) is 0 Å². The first-order chi connectivity index (χ1) is 9.13. The highest BCUT2D eigenvalue weighted by Crippen LogP contribution is 2.33. The highest BCUT2D eigenvalue weighted by Gasteiger charge is 2.12. The molecule has 19 heavy (non-hydrogen) atoms. The maximum absolute atomic E-state index is 8.72. The van der Waals surface area contributed by atoms with Crippen LogP contribution < -0.4 is 5.73 Å². The summed E-state index contributed by atoms with van der Waals surface area (Å²) in [6.07, 6.45) is 2.97. The highest BCUT2D eigenvalue weighted by molar-refractivity contribution is 7.99. The number of nitrogen functional groups attached to an aromatic ring is 1. The number of nitrogens with zero attached hydrogens (tertiary/aromatic N) is 2. The van der Waals surface area contributed by atoms with E-state index in [2.05, 4.69) is 23.8 Å². The summed E-state index contributed by atoms with van der Waals surface area (Å²) in [4.78, 5) is 11.2. The van der Waals surface area contributed by atoms with E-state index in [0.717, 1.165) is 40.4 Å². The first-order valence-corrected chi connectivity index (χ1v) is 8.20. The van der Waals surface area contributed by atoms with E-state index in [-0.39, 0.29) is 6.61 Å². The number of aliphatic hydroxyl groups is 1. The van der Waals surface area contributed by atoms with E-state index in [0.29, 0.717) is 5.82 Å². The molecule has 0 aliphatic heterocycles. The Hall–Kier alpha value is -0.850. The Balaban J connectivity index is 2.08. The third-order valence-corrected chi connectivity index (χ3v) is 5.10. The van der Waals surface area contributed by atoms with E-state index in [1.165, 1.54) is 10.4 Å². The van der Waals surface area contributed by atoms with Gasteiger partial charge in [0.1, 0.15) is 10.6 Å². The van der Waals surface area contributed by atoms with Crippen LogP contribution in [0.5, 0.6) is 0 Å². The van der Waals surface area contributed by atoms with Crippen molar-refractivity contribution in [3.8, 4) is 0 Å². The number of fused-ring (bicyclic) bond motifs is 1. The quantitative estimate of drug-likeness (QED) is 0.487. The number of hydrogen-bond acceptors (Lipinski definition) is 6. The first-order valence-electron chi connectivity index (χ1n) is 6.40. The maximum atomic E-state index is 8.72. The van der Waals surface area contributed by atoms with Gasteiger partial charge in [-0.2, -0.15) is 0 Å². The SMILES string of the molecule is Cc1sc2nc(SCCCCCO)nc(N)c2c1C. The molecule has 0 aromatic carbocycles. The van der Waals surface area contributed by atoms with Gasteiger partial charge in [0, 0.05) is 17.2 Å². The molecule has 0 aliphatic carbocycles. The molecule has 2 aromatic rings. The Kier molecular flexibility index (Phi) is 5.01. The van der Waals surface area contributed by atoms with Crippen molar-refractivity contribution in [1.29, 1.82) is 0 Å². The average Bonchev–Trinajstić information content (AvgIpc) is 2.65. The van der Waals surface area contributed by atoms with Crippen LogP contribution in [0, 0.1) is 13.8 Å². The summed E-state index contributed by atoms with van der Waals surface area (Å²) in [5.74, 6) is 1.55. The van der Waals surface area contributed by atoms with Crippen LogP contribution in [0.15, 0.2) is 5.16 Å². The zero-order chi connectivity index (χ0) is 13.8. The number of thioether (sulfide) groups is 1. The molecule has 3 N–H and O–H groups in total. The molecule has 0 fully saturated rings. The fourth-order valence-corrected chi connectivity index (χ4v) is 3.82. The Bertz CT molecular complexity index is 569. The molecule has 0 saturated heterocycles. The Morgan fingerprint density at radius 3 is 2.74 bits per heavy atom. The zero-order valence-electron chi connectivity index (χ0n) is 11.3. The zero-order valence-corrected chi connectivity index (χ0v) is 12.9. The highest BCUT2D eigenvalue weighted by atomic mass is 32.2. The van der Waals surface area contributed by atoms with E-state index in [1.54, 1.807) is 23.1 Å². The van der Waals surface area contributed by atoms with E-state index < -0.39 is 0 Å². The van der Waals surface area contributed by atoms with Gasteiger partial charge in [-0.1, -0.05) is 18.2 Å².